The zero-order chi connectivity index (χ0) is 19.3. The quantitative estimate of drug-likeness (QED) is 0.395. The number of rotatable bonds is 6. The molecule has 1 aliphatic rings. The van der Waals surface area contributed by atoms with Gasteiger partial charge in [0.2, 0.25) is 5.71 Å². The third-order valence-electron chi connectivity index (χ3n) is 4.26. The average Bonchev–Trinajstić information content (AvgIpc) is 2.62. The predicted molar refractivity (Wildman–Crippen MR) is 103 cm³/mol. The fourth-order valence-corrected chi connectivity index (χ4v) is 3.89. The first kappa shape index (κ1) is 19.7. The first-order valence-electron chi connectivity index (χ1n) is 8.48. The van der Waals surface area contributed by atoms with Gasteiger partial charge in [-0.05, 0) is 51.3 Å². The first-order valence-corrected chi connectivity index (χ1v) is 10.0. The molecular weight excluding hydrogens is 352 g/mol. The maximum absolute atomic E-state index is 12.7. The Kier molecular flexibility index (Phi) is 6.21. The van der Waals surface area contributed by atoms with Gasteiger partial charge in [-0.1, -0.05) is 0 Å². The van der Waals surface area contributed by atoms with Crippen LogP contribution < -0.4 is 16.1 Å². The van der Waals surface area contributed by atoms with Gasteiger partial charge >= 0.3 is 0 Å². The van der Waals surface area contributed by atoms with Crippen molar-refractivity contribution < 1.29 is 8.42 Å². The van der Waals surface area contributed by atoms with E-state index in [1.165, 1.54) is 6.42 Å². The third kappa shape index (κ3) is 4.32. The molecule has 0 unspecified atom stereocenters. The van der Waals surface area contributed by atoms with Gasteiger partial charge in [-0.15, -0.1) is 0 Å². The number of hydrazone groups is 1. The van der Waals surface area contributed by atoms with Crippen molar-refractivity contribution in [2.45, 2.75) is 43.3 Å². The molecule has 2 rings (SSSR count). The molecule has 9 heteroatoms. The minimum Gasteiger partial charge on any atom is -0.382 e. The molecule has 4 N–H and O–H groups in total. The molecule has 0 spiro atoms. The highest BCUT2D eigenvalue weighted by atomic mass is 32.2. The molecule has 1 aliphatic heterocycles. The molecule has 0 aliphatic carbocycles. The van der Waals surface area contributed by atoms with E-state index >= 15 is 0 Å². The minimum atomic E-state index is -3.55. The van der Waals surface area contributed by atoms with Crippen molar-refractivity contribution in [3.8, 4) is 6.07 Å². The van der Waals surface area contributed by atoms with E-state index in [2.05, 4.69) is 15.4 Å². The first-order chi connectivity index (χ1) is 12.3. The summed E-state index contributed by atoms with van der Waals surface area (Å²) in [6.45, 7) is 5.04. The maximum atomic E-state index is 12.7. The number of anilines is 2. The van der Waals surface area contributed by atoms with Crippen LogP contribution in [0.1, 0.15) is 33.1 Å². The number of hydrogen-bond acceptors (Lipinski definition) is 7. The standard InChI is InChI=1S/C17H24N6O2S/c1-12(2)26(24,25)16-7-6-13(23-8-4-3-5-9-23)10-14(16)21-22-15(11-18)17(19)20/h6-7,10,12,21H,3-5,8-9H2,1-2H3,(H3,19,20)/b22-15+. The van der Waals surface area contributed by atoms with Gasteiger partial charge < -0.3 is 10.6 Å². The minimum absolute atomic E-state index is 0.109. The van der Waals surface area contributed by atoms with Gasteiger partial charge in [-0.3, -0.25) is 10.8 Å². The van der Waals surface area contributed by atoms with E-state index in [0.29, 0.717) is 0 Å². The molecule has 1 heterocycles. The largest absolute Gasteiger partial charge is 0.382 e. The topological polar surface area (TPSA) is 135 Å². The highest BCUT2D eigenvalue weighted by Gasteiger charge is 2.24. The molecule has 0 radical (unpaired) electrons. The summed E-state index contributed by atoms with van der Waals surface area (Å²) >= 11 is 0. The van der Waals surface area contributed by atoms with Crippen LogP contribution in [0.2, 0.25) is 0 Å². The second-order valence-corrected chi connectivity index (χ2v) is 8.89. The van der Waals surface area contributed by atoms with Crippen molar-refractivity contribution in [3.05, 3.63) is 18.2 Å². The molecule has 0 aromatic heterocycles. The van der Waals surface area contributed by atoms with Crippen LogP contribution in [0.4, 0.5) is 11.4 Å². The van der Waals surface area contributed by atoms with E-state index in [4.69, 9.17) is 16.4 Å². The molecular formula is C17H24N6O2S. The molecule has 8 nitrogen and oxygen atoms in total. The van der Waals surface area contributed by atoms with Crippen LogP contribution in [0.3, 0.4) is 0 Å². The fourth-order valence-electron chi connectivity index (χ4n) is 2.72. The predicted octanol–water partition coefficient (Wildman–Crippen LogP) is 2.09. The van der Waals surface area contributed by atoms with Gasteiger partial charge in [0.05, 0.1) is 15.8 Å². The van der Waals surface area contributed by atoms with Crippen molar-refractivity contribution in [2.75, 3.05) is 23.4 Å². The van der Waals surface area contributed by atoms with Gasteiger partial charge in [0.25, 0.3) is 0 Å². The summed E-state index contributed by atoms with van der Waals surface area (Å²) in [4.78, 5) is 2.30. The molecule has 1 aromatic carbocycles. The third-order valence-corrected chi connectivity index (χ3v) is 6.47. The molecule has 0 saturated carbocycles. The Morgan fingerprint density at radius 3 is 2.54 bits per heavy atom. The highest BCUT2D eigenvalue weighted by Crippen LogP contribution is 2.31. The number of nitrogens with zero attached hydrogens (tertiary/aromatic N) is 3. The summed E-state index contributed by atoms with van der Waals surface area (Å²) in [7, 11) is -3.55. The van der Waals surface area contributed by atoms with Gasteiger partial charge in [0, 0.05) is 18.8 Å². The summed E-state index contributed by atoms with van der Waals surface area (Å²) in [5.74, 6) is -0.486. The Morgan fingerprint density at radius 1 is 1.35 bits per heavy atom. The van der Waals surface area contributed by atoms with Gasteiger partial charge in [-0.25, -0.2) is 8.42 Å². The summed E-state index contributed by atoms with van der Waals surface area (Å²) in [5.41, 5.74) is 8.78. The van der Waals surface area contributed by atoms with Crippen LogP contribution in [0, 0.1) is 16.7 Å². The fraction of sp³-hybridized carbons (Fsp3) is 0.471. The lowest BCUT2D eigenvalue weighted by Crippen LogP contribution is -2.29. The van der Waals surface area contributed by atoms with Crippen LogP contribution in [-0.4, -0.2) is 38.3 Å². The molecule has 1 aromatic rings. The molecule has 0 bridgehead atoms. The van der Waals surface area contributed by atoms with Crippen LogP contribution in [-0.2, 0) is 9.84 Å². The number of hydrogen-bond donors (Lipinski definition) is 3. The number of nitriles is 1. The van der Waals surface area contributed by atoms with E-state index in [-0.39, 0.29) is 16.3 Å². The van der Waals surface area contributed by atoms with Crippen molar-refractivity contribution in [1.29, 1.82) is 10.7 Å². The number of nitrogens with two attached hydrogens (primary N) is 1. The number of benzene rings is 1. The monoisotopic (exact) mass is 376 g/mol. The lowest BCUT2D eigenvalue weighted by Gasteiger charge is -2.29. The molecule has 0 atom stereocenters. The SMILES string of the molecule is CC(C)S(=O)(=O)c1ccc(N2CCCCC2)cc1N/N=C(\C#N)C(=N)N. The second-order valence-electron chi connectivity index (χ2n) is 6.42. The highest BCUT2D eigenvalue weighted by molar-refractivity contribution is 7.92. The van der Waals surface area contributed by atoms with Crippen LogP contribution >= 0.6 is 0 Å². The molecule has 1 fully saturated rings. The molecule has 140 valence electrons. The van der Waals surface area contributed by atoms with Gasteiger partial charge in [0.1, 0.15) is 6.07 Å². The lowest BCUT2D eigenvalue weighted by atomic mass is 10.1. The smallest absolute Gasteiger partial charge is 0.201 e. The Bertz CT molecular complexity index is 848. The summed E-state index contributed by atoms with van der Waals surface area (Å²) in [5, 5.41) is 19.5. The van der Waals surface area contributed by atoms with Crippen molar-refractivity contribution >= 4 is 32.8 Å². The van der Waals surface area contributed by atoms with E-state index in [9.17, 15) is 8.42 Å². The zero-order valence-electron chi connectivity index (χ0n) is 15.0. The van der Waals surface area contributed by atoms with Crippen molar-refractivity contribution in [3.63, 3.8) is 0 Å². The number of amidine groups is 1. The summed E-state index contributed by atoms with van der Waals surface area (Å²) in [6, 6.07) is 6.79. The van der Waals surface area contributed by atoms with E-state index in [1.807, 2.05) is 0 Å². The van der Waals surface area contributed by atoms with Crippen LogP contribution in [0.15, 0.2) is 28.2 Å². The van der Waals surface area contributed by atoms with E-state index in [0.717, 1.165) is 31.6 Å². The Hall–Kier alpha value is -2.60. The molecule has 0 amide bonds. The zero-order valence-corrected chi connectivity index (χ0v) is 15.8. The lowest BCUT2D eigenvalue weighted by molar-refractivity contribution is 0.577. The van der Waals surface area contributed by atoms with Crippen molar-refractivity contribution in [1.82, 2.24) is 0 Å². The Balaban J connectivity index is 2.48. The van der Waals surface area contributed by atoms with Crippen LogP contribution in [0.25, 0.3) is 0 Å². The summed E-state index contributed by atoms with van der Waals surface area (Å²) < 4.78 is 25.3. The van der Waals surface area contributed by atoms with Crippen LogP contribution in [0.5, 0.6) is 0 Å². The maximum Gasteiger partial charge on any atom is 0.201 e. The molecule has 26 heavy (non-hydrogen) atoms. The van der Waals surface area contributed by atoms with E-state index < -0.39 is 20.9 Å². The molecule has 1 saturated heterocycles. The van der Waals surface area contributed by atoms with Gasteiger partial charge in [-0.2, -0.15) is 10.4 Å². The van der Waals surface area contributed by atoms with Crippen molar-refractivity contribution in [2.24, 2.45) is 10.8 Å². The Labute approximate surface area is 154 Å². The number of nitrogens with one attached hydrogen (secondary N) is 2. The number of piperidine rings is 1. The van der Waals surface area contributed by atoms with Gasteiger partial charge in [0.15, 0.2) is 15.7 Å². The van der Waals surface area contributed by atoms with E-state index in [1.54, 1.807) is 38.1 Å². The number of sulfone groups is 1. The normalized spacial score (nSPS) is 15.6. The average molecular weight is 376 g/mol. The summed E-state index contributed by atoms with van der Waals surface area (Å²) in [6.07, 6.45) is 3.38. The second kappa shape index (κ2) is 8.19. The Morgan fingerprint density at radius 2 is 2.00 bits per heavy atom.